The molecule has 0 aliphatic heterocycles. The average Bonchev–Trinajstić information content (AvgIpc) is 3.17. The molecule has 2 atom stereocenters. The summed E-state index contributed by atoms with van der Waals surface area (Å²) in [6, 6.07) is 18.1. The molecule has 0 heterocycles. The molecular formula is C30H40Cl2GeHf. The van der Waals surface area contributed by atoms with Crippen LogP contribution in [-0.2, 0) is 15.4 Å². The van der Waals surface area contributed by atoms with Gasteiger partial charge >= 0.3 is 202 Å². The van der Waals surface area contributed by atoms with Gasteiger partial charge in [-0.2, -0.15) is 0 Å². The third kappa shape index (κ3) is 5.10. The molecule has 4 heteroatoms. The van der Waals surface area contributed by atoms with E-state index >= 15 is 0 Å². The molecule has 0 amide bonds. The van der Waals surface area contributed by atoms with Crippen molar-refractivity contribution in [1.82, 2.24) is 0 Å². The molecular weight excluding hydrogens is 682 g/mol. The summed E-state index contributed by atoms with van der Waals surface area (Å²) in [5.74, 6) is 1.08. The van der Waals surface area contributed by atoms with Crippen LogP contribution in [0, 0.1) is 25.7 Å². The Morgan fingerprint density at radius 2 is 1.00 bits per heavy atom. The zero-order valence-electron chi connectivity index (χ0n) is 22.0. The predicted octanol–water partition coefficient (Wildman–Crippen LogP) is 8.80. The Balaban J connectivity index is 0.00000204. The van der Waals surface area contributed by atoms with Crippen molar-refractivity contribution in [2.45, 2.75) is 50.9 Å². The molecule has 2 aliphatic rings. The van der Waals surface area contributed by atoms with Crippen molar-refractivity contribution in [2.24, 2.45) is 11.8 Å². The van der Waals surface area contributed by atoms with Crippen molar-refractivity contribution in [3.05, 3.63) is 101 Å². The number of rotatable bonds is 4. The minimum absolute atomic E-state index is 0. The van der Waals surface area contributed by atoms with Gasteiger partial charge in [0.25, 0.3) is 0 Å². The van der Waals surface area contributed by atoms with Crippen LogP contribution >= 0.6 is 24.8 Å². The van der Waals surface area contributed by atoms with Crippen molar-refractivity contribution in [3.8, 4) is 0 Å². The Labute approximate surface area is 225 Å². The fourth-order valence-corrected chi connectivity index (χ4v) is 48.9. The summed E-state index contributed by atoms with van der Waals surface area (Å²) in [7, 11) is 0. The van der Waals surface area contributed by atoms with Crippen molar-refractivity contribution >= 4 is 48.2 Å². The van der Waals surface area contributed by atoms with E-state index in [0.29, 0.717) is 11.8 Å². The van der Waals surface area contributed by atoms with Gasteiger partial charge in [-0.15, -0.1) is 24.8 Å². The van der Waals surface area contributed by atoms with E-state index in [1.54, 1.807) is 11.1 Å². The van der Waals surface area contributed by atoms with Crippen molar-refractivity contribution in [3.63, 3.8) is 0 Å². The summed E-state index contributed by atoms with van der Waals surface area (Å²) >= 11 is -2.02. The van der Waals surface area contributed by atoms with Crippen LogP contribution in [0.5, 0.6) is 0 Å². The van der Waals surface area contributed by atoms with Crippen molar-refractivity contribution in [2.75, 3.05) is 0 Å². The number of benzene rings is 2. The van der Waals surface area contributed by atoms with Gasteiger partial charge in [-0.05, 0) is 0 Å². The predicted molar refractivity (Wildman–Crippen MR) is 157 cm³/mol. The Hall–Kier alpha value is -0.607. The van der Waals surface area contributed by atoms with E-state index in [1.165, 1.54) is 45.6 Å². The summed E-state index contributed by atoms with van der Waals surface area (Å²) in [5, 5.41) is 0. The van der Waals surface area contributed by atoms with Gasteiger partial charge < -0.3 is 0 Å². The van der Waals surface area contributed by atoms with Crippen molar-refractivity contribution < 1.29 is 15.4 Å². The average molecular weight is 723 g/mol. The SMILES string of the molecule is CC1=[C]([Hf]([CH3])([CH3])(=[GeH2])[C]2=C(C)C(c3cccc(C)c3)=CC2C)C(C)C=C1c1cccc(C)c1.Cl.Cl. The van der Waals surface area contributed by atoms with Gasteiger partial charge in [0.2, 0.25) is 0 Å². The number of halogens is 2. The number of hydrogen-bond donors (Lipinski definition) is 0. The molecule has 0 fully saturated rings. The molecule has 0 aromatic heterocycles. The summed E-state index contributed by atoms with van der Waals surface area (Å²) < 4.78 is 9.14. The van der Waals surface area contributed by atoms with Gasteiger partial charge in [0, 0.05) is 0 Å². The fourth-order valence-electron chi connectivity index (χ4n) is 6.95. The first kappa shape index (κ1) is 29.6. The van der Waals surface area contributed by atoms with E-state index in [2.05, 4.69) is 112 Å². The summed E-state index contributed by atoms with van der Waals surface area (Å²) in [5.41, 5.74) is 11.6. The Bertz CT molecular complexity index is 1220. The van der Waals surface area contributed by atoms with Crippen molar-refractivity contribution in [1.29, 1.82) is 0 Å². The second-order valence-electron chi connectivity index (χ2n) is 11.2. The largest absolute Gasteiger partial charge is 0.147 e. The topological polar surface area (TPSA) is 0 Å². The molecule has 2 aromatic rings. The number of hydrogen-bond acceptors (Lipinski definition) is 0. The quantitative estimate of drug-likeness (QED) is 0.277. The van der Waals surface area contributed by atoms with Crippen LogP contribution < -0.4 is 0 Å². The zero-order chi connectivity index (χ0) is 23.4. The van der Waals surface area contributed by atoms with Crippen LogP contribution in [0.25, 0.3) is 11.1 Å². The third-order valence-corrected chi connectivity index (χ3v) is 39.2. The zero-order valence-corrected chi connectivity index (χ0v) is 30.1. The maximum Gasteiger partial charge on any atom is -0.147 e. The molecule has 0 bridgehead atoms. The molecule has 34 heavy (non-hydrogen) atoms. The van der Waals surface area contributed by atoms with Gasteiger partial charge in [0.1, 0.15) is 0 Å². The van der Waals surface area contributed by atoms with Crippen LogP contribution in [0.2, 0.25) is 9.36 Å². The second kappa shape index (κ2) is 10.4. The van der Waals surface area contributed by atoms with Gasteiger partial charge in [0.05, 0.1) is 0 Å². The molecule has 0 spiro atoms. The second-order valence-corrected chi connectivity index (χ2v) is 70.8. The van der Waals surface area contributed by atoms with E-state index in [9.17, 15) is 0 Å². The Morgan fingerprint density at radius 3 is 1.32 bits per heavy atom. The Morgan fingerprint density at radius 1 is 0.647 bits per heavy atom. The van der Waals surface area contributed by atoms with Crippen LogP contribution in [0.3, 0.4) is 0 Å². The first-order valence-corrected chi connectivity index (χ1v) is 37.4. The molecule has 4 rings (SSSR count). The van der Waals surface area contributed by atoms with E-state index in [1.807, 2.05) is 6.66 Å². The summed E-state index contributed by atoms with van der Waals surface area (Å²) in [4.78, 5) is 0. The molecule has 2 aromatic carbocycles. The monoisotopic (exact) mass is 724 g/mol. The van der Waals surface area contributed by atoms with E-state index in [-0.39, 0.29) is 24.8 Å². The molecule has 182 valence electrons. The standard InChI is InChI=1S/2C14H15.2CH3.2ClH.GeH2.Hf/c2*1-10-5-4-6-13(8-10)14-9-11(2)7-12(14)3;;;;;;/h2*4-6,8-9,11H,1-3H3;2*1H3;2*1H;1H2;. The third-order valence-electron chi connectivity index (χ3n) is 7.75. The molecule has 2 unspecified atom stereocenters. The van der Waals surface area contributed by atoms with Gasteiger partial charge in [-0.1, -0.05) is 0 Å². The molecule has 0 saturated carbocycles. The van der Waals surface area contributed by atoms with Gasteiger partial charge in [-0.3, -0.25) is 0 Å². The summed E-state index contributed by atoms with van der Waals surface area (Å²) in [6.45, 7) is 14.1. The maximum absolute atomic E-state index is 3.44. The molecule has 0 N–H and O–H groups in total. The molecule has 0 nitrogen and oxygen atoms in total. The van der Waals surface area contributed by atoms with Crippen LogP contribution in [-0.4, -0.2) is 12.2 Å². The van der Waals surface area contributed by atoms with E-state index < -0.39 is 15.4 Å². The molecule has 0 saturated heterocycles. The molecule has 0 radical (unpaired) electrons. The minimum Gasteiger partial charge on any atom is -0.147 e. The normalized spacial score (nSPS) is 20.6. The van der Waals surface area contributed by atoms with Crippen LogP contribution in [0.4, 0.5) is 0 Å². The minimum atomic E-state index is -3.44. The van der Waals surface area contributed by atoms with Gasteiger partial charge in [0.15, 0.2) is 0 Å². The van der Waals surface area contributed by atoms with E-state index in [0.717, 1.165) is 0 Å². The summed E-state index contributed by atoms with van der Waals surface area (Å²) in [6.07, 6.45) is 5.12. The fraction of sp³-hybridized carbons (Fsp3) is 0.333. The van der Waals surface area contributed by atoms with Gasteiger partial charge in [-0.25, -0.2) is 0 Å². The maximum atomic E-state index is 2.74. The molecule has 2 aliphatic carbocycles. The van der Waals surface area contributed by atoms with E-state index in [4.69, 9.17) is 0 Å². The van der Waals surface area contributed by atoms with Crippen LogP contribution in [0.1, 0.15) is 49.9 Å². The number of allylic oxidation sites excluding steroid dienone is 8. The number of aryl methyl sites for hydroxylation is 2. The first-order chi connectivity index (χ1) is 14.9. The smallest absolute Gasteiger partial charge is 0.147 e. The Kier molecular flexibility index (Phi) is 9.06. The van der Waals surface area contributed by atoms with Crippen LogP contribution in [0.15, 0.2) is 78.5 Å². The first-order valence-electron chi connectivity index (χ1n) is 12.0.